The zero-order chi connectivity index (χ0) is 17.8. The lowest BCUT2D eigenvalue weighted by Gasteiger charge is -2.16. The van der Waals surface area contributed by atoms with Crippen molar-refractivity contribution in [3.8, 4) is 17.1 Å². The number of benzene rings is 1. The van der Waals surface area contributed by atoms with E-state index in [9.17, 15) is 4.79 Å². The third kappa shape index (κ3) is 3.97. The van der Waals surface area contributed by atoms with E-state index in [4.69, 9.17) is 4.74 Å². The van der Waals surface area contributed by atoms with Gasteiger partial charge < -0.3 is 4.74 Å². The molecule has 0 spiro atoms. The summed E-state index contributed by atoms with van der Waals surface area (Å²) in [5.74, 6) is 1.86. The highest BCUT2D eigenvalue weighted by Crippen LogP contribution is 2.27. The molecule has 1 aromatic heterocycles. The maximum atomic E-state index is 12.2. The fourth-order valence-corrected chi connectivity index (χ4v) is 3.17. The first-order valence-corrected chi connectivity index (χ1v) is 8.45. The van der Waals surface area contributed by atoms with Crippen molar-refractivity contribution in [2.45, 2.75) is 38.8 Å². The van der Waals surface area contributed by atoms with Crippen LogP contribution in [0, 0.1) is 5.92 Å². The van der Waals surface area contributed by atoms with Crippen molar-refractivity contribution in [1.29, 1.82) is 0 Å². The largest absolute Gasteiger partial charge is 0.496 e. The first kappa shape index (κ1) is 17.4. The van der Waals surface area contributed by atoms with Gasteiger partial charge in [-0.05, 0) is 38.3 Å². The minimum atomic E-state index is -0.0862. The summed E-state index contributed by atoms with van der Waals surface area (Å²) in [5, 5.41) is 9.66. The van der Waals surface area contributed by atoms with Gasteiger partial charge in [0.25, 0.3) is 0 Å². The van der Waals surface area contributed by atoms with E-state index < -0.39 is 0 Å². The first-order valence-electron chi connectivity index (χ1n) is 8.45. The number of carbonyl (C=O) groups is 1. The van der Waals surface area contributed by atoms with E-state index >= 15 is 0 Å². The van der Waals surface area contributed by atoms with Gasteiger partial charge in [0.2, 0.25) is 11.9 Å². The number of hydrazine groups is 1. The molecule has 1 saturated heterocycles. The molecule has 2 unspecified atom stereocenters. The Morgan fingerprint density at radius 1 is 1.24 bits per heavy atom. The lowest BCUT2D eigenvalue weighted by Crippen LogP contribution is -2.30. The summed E-state index contributed by atoms with van der Waals surface area (Å²) < 4.78 is 5.32. The average Bonchev–Trinajstić information content (AvgIpc) is 3.20. The van der Waals surface area contributed by atoms with Crippen molar-refractivity contribution in [3.05, 3.63) is 24.3 Å². The fraction of sp³-hybridized carbons (Fsp3) is 0.471. The number of H-pyrrole nitrogens is 1. The highest BCUT2D eigenvalue weighted by molar-refractivity contribution is 5.89. The number of aromatic nitrogens is 3. The van der Waals surface area contributed by atoms with Crippen LogP contribution in [0.4, 0.5) is 5.95 Å². The van der Waals surface area contributed by atoms with E-state index in [1.807, 2.05) is 24.3 Å². The van der Waals surface area contributed by atoms with E-state index in [1.54, 1.807) is 7.11 Å². The average molecular weight is 344 g/mol. The third-order valence-electron chi connectivity index (χ3n) is 4.63. The summed E-state index contributed by atoms with van der Waals surface area (Å²) in [5.41, 5.74) is 7.20. The second kappa shape index (κ2) is 7.62. The Morgan fingerprint density at radius 3 is 2.68 bits per heavy atom. The number of amides is 1. The van der Waals surface area contributed by atoms with Gasteiger partial charge in [0, 0.05) is 18.5 Å². The Labute approximate surface area is 146 Å². The van der Waals surface area contributed by atoms with Crippen LogP contribution in [0.2, 0.25) is 0 Å². The van der Waals surface area contributed by atoms with Crippen LogP contribution in [0.25, 0.3) is 11.4 Å². The van der Waals surface area contributed by atoms with Crippen LogP contribution in [-0.4, -0.2) is 40.3 Å². The number of nitrogens with zero attached hydrogens (tertiary/aromatic N) is 2. The highest BCUT2D eigenvalue weighted by atomic mass is 16.5. The smallest absolute Gasteiger partial charge is 0.249 e. The molecule has 3 rings (SSSR count). The van der Waals surface area contributed by atoms with Gasteiger partial charge in [-0.3, -0.25) is 26.1 Å². The summed E-state index contributed by atoms with van der Waals surface area (Å²) in [4.78, 5) is 16.5. The Kier molecular flexibility index (Phi) is 5.30. The molecule has 1 aromatic carbocycles. The molecule has 25 heavy (non-hydrogen) atoms. The minimum absolute atomic E-state index is 0.0862. The Hall–Kier alpha value is -2.45. The molecule has 1 amide bonds. The molecule has 134 valence electrons. The molecule has 2 atom stereocenters. The topological polar surface area (TPSA) is 104 Å². The summed E-state index contributed by atoms with van der Waals surface area (Å²) in [6.45, 7) is 4.24. The maximum absolute atomic E-state index is 12.2. The SMILES string of the molecule is COc1ccccc1-c1nc(NC(=O)CCC2C(C)NNC2C)n[nH]1. The lowest BCUT2D eigenvalue weighted by molar-refractivity contribution is -0.116. The van der Waals surface area contributed by atoms with Gasteiger partial charge in [-0.15, -0.1) is 5.10 Å². The zero-order valence-electron chi connectivity index (χ0n) is 14.7. The van der Waals surface area contributed by atoms with Crippen LogP contribution >= 0.6 is 0 Å². The van der Waals surface area contributed by atoms with Crippen LogP contribution in [0.5, 0.6) is 5.75 Å². The number of aromatic amines is 1. The minimum Gasteiger partial charge on any atom is -0.496 e. The molecule has 2 aromatic rings. The van der Waals surface area contributed by atoms with E-state index in [1.165, 1.54) is 0 Å². The lowest BCUT2D eigenvalue weighted by atomic mass is 9.91. The van der Waals surface area contributed by atoms with Crippen LogP contribution in [-0.2, 0) is 4.79 Å². The maximum Gasteiger partial charge on any atom is 0.249 e. The quantitative estimate of drug-likeness (QED) is 0.636. The Bertz CT molecular complexity index is 721. The number of anilines is 1. The van der Waals surface area contributed by atoms with Gasteiger partial charge in [0.15, 0.2) is 5.82 Å². The standard InChI is InChI=1S/C17H24N6O2/c1-10-12(11(2)21-20-10)8-9-15(24)18-17-19-16(22-23-17)13-6-4-5-7-14(13)25-3/h4-7,10-12,20-21H,8-9H2,1-3H3,(H2,18,19,22,23,24). The second-order valence-corrected chi connectivity index (χ2v) is 6.32. The van der Waals surface area contributed by atoms with Crippen molar-refractivity contribution in [1.82, 2.24) is 26.0 Å². The van der Waals surface area contributed by atoms with Gasteiger partial charge in [0.05, 0.1) is 12.7 Å². The molecule has 0 saturated carbocycles. The molecule has 0 radical (unpaired) electrons. The van der Waals surface area contributed by atoms with E-state index in [-0.39, 0.29) is 11.9 Å². The van der Waals surface area contributed by atoms with Crippen molar-refractivity contribution in [2.24, 2.45) is 5.92 Å². The summed E-state index contributed by atoms with van der Waals surface area (Å²) in [6.07, 6.45) is 1.24. The molecule has 1 aliphatic rings. The highest BCUT2D eigenvalue weighted by Gasteiger charge is 2.29. The zero-order valence-corrected chi connectivity index (χ0v) is 14.7. The number of methoxy groups -OCH3 is 1. The van der Waals surface area contributed by atoms with Crippen LogP contribution in [0.1, 0.15) is 26.7 Å². The molecule has 0 aliphatic carbocycles. The third-order valence-corrected chi connectivity index (χ3v) is 4.63. The summed E-state index contributed by atoms with van der Waals surface area (Å²) in [7, 11) is 1.60. The van der Waals surface area contributed by atoms with E-state index in [0.717, 1.165) is 12.0 Å². The number of hydrogen-bond acceptors (Lipinski definition) is 6. The van der Waals surface area contributed by atoms with Gasteiger partial charge in [0.1, 0.15) is 5.75 Å². The van der Waals surface area contributed by atoms with Gasteiger partial charge >= 0.3 is 0 Å². The predicted molar refractivity (Wildman–Crippen MR) is 94.9 cm³/mol. The van der Waals surface area contributed by atoms with Crippen molar-refractivity contribution in [3.63, 3.8) is 0 Å². The number of rotatable bonds is 6. The molecular formula is C17H24N6O2. The van der Waals surface area contributed by atoms with E-state index in [2.05, 4.69) is 45.2 Å². The number of ether oxygens (including phenoxy) is 1. The number of nitrogens with one attached hydrogen (secondary N) is 4. The van der Waals surface area contributed by atoms with Gasteiger partial charge in [-0.2, -0.15) is 4.98 Å². The molecule has 1 aliphatic heterocycles. The molecule has 8 heteroatoms. The van der Waals surface area contributed by atoms with Crippen molar-refractivity contribution in [2.75, 3.05) is 12.4 Å². The Balaban J connectivity index is 1.58. The van der Waals surface area contributed by atoms with Crippen LogP contribution < -0.4 is 20.9 Å². The molecule has 4 N–H and O–H groups in total. The second-order valence-electron chi connectivity index (χ2n) is 6.32. The van der Waals surface area contributed by atoms with Gasteiger partial charge in [-0.25, -0.2) is 0 Å². The van der Waals surface area contributed by atoms with Crippen molar-refractivity contribution >= 4 is 11.9 Å². The molecule has 0 bridgehead atoms. The number of para-hydroxylation sites is 1. The molecule has 2 heterocycles. The molecule has 1 fully saturated rings. The van der Waals surface area contributed by atoms with Gasteiger partial charge in [-0.1, -0.05) is 12.1 Å². The molecular weight excluding hydrogens is 320 g/mol. The fourth-order valence-electron chi connectivity index (χ4n) is 3.17. The first-order chi connectivity index (χ1) is 12.1. The monoisotopic (exact) mass is 344 g/mol. The number of hydrogen-bond donors (Lipinski definition) is 4. The summed E-state index contributed by atoms with van der Waals surface area (Å²) in [6, 6.07) is 8.21. The predicted octanol–water partition coefficient (Wildman–Crippen LogP) is 1.70. The van der Waals surface area contributed by atoms with Crippen LogP contribution in [0.15, 0.2) is 24.3 Å². The van der Waals surface area contributed by atoms with Crippen molar-refractivity contribution < 1.29 is 9.53 Å². The molecule has 8 nitrogen and oxygen atoms in total. The normalized spacial score (nSPS) is 22.8. The summed E-state index contributed by atoms with van der Waals surface area (Å²) >= 11 is 0. The Morgan fingerprint density at radius 2 is 1.96 bits per heavy atom. The number of carbonyl (C=O) groups excluding carboxylic acids is 1. The van der Waals surface area contributed by atoms with E-state index in [0.29, 0.717) is 36.0 Å². The van der Waals surface area contributed by atoms with Crippen LogP contribution in [0.3, 0.4) is 0 Å².